The second-order valence-electron chi connectivity index (χ2n) is 8.34. The Bertz CT molecular complexity index is 1260. The summed E-state index contributed by atoms with van der Waals surface area (Å²) in [5.74, 6) is -1.91. The van der Waals surface area contributed by atoms with E-state index < -0.39 is 28.7 Å². The molecule has 3 aromatic rings. The van der Waals surface area contributed by atoms with Crippen molar-refractivity contribution in [1.82, 2.24) is 0 Å². The first-order valence-corrected chi connectivity index (χ1v) is 10.4. The number of benzene rings is 3. The summed E-state index contributed by atoms with van der Waals surface area (Å²) in [5.41, 5.74) is -0.726. The highest BCUT2D eigenvalue weighted by Crippen LogP contribution is 2.80. The Morgan fingerprint density at radius 1 is 1.03 bits per heavy atom. The van der Waals surface area contributed by atoms with Crippen LogP contribution in [0.3, 0.4) is 0 Å². The fourth-order valence-corrected chi connectivity index (χ4v) is 5.60. The fourth-order valence-electron chi connectivity index (χ4n) is 5.60. The van der Waals surface area contributed by atoms with Gasteiger partial charge in [-0.15, -0.1) is 0 Å². The van der Waals surface area contributed by atoms with Crippen molar-refractivity contribution in [3.05, 3.63) is 77.4 Å². The van der Waals surface area contributed by atoms with Gasteiger partial charge in [0.2, 0.25) is 0 Å². The number of Topliss-reactive ketones (excluding diaryl/α,β-unsaturated/α-hetero) is 1. The molecular formula is C26H22O5. The predicted molar refractivity (Wildman–Crippen MR) is 115 cm³/mol. The molecule has 1 fully saturated rings. The topological polar surface area (TPSA) is 69.7 Å². The third kappa shape index (κ3) is 2.23. The first-order valence-electron chi connectivity index (χ1n) is 10.4. The van der Waals surface area contributed by atoms with E-state index in [1.807, 2.05) is 56.3 Å². The molecule has 0 N–H and O–H groups in total. The normalized spacial score (nSPS) is 25.9. The minimum absolute atomic E-state index is 0.233. The molecule has 0 unspecified atom stereocenters. The maximum Gasteiger partial charge on any atom is 0.330 e. The molecule has 5 heteroatoms. The minimum Gasteiger partial charge on any atom is -0.468 e. The molecule has 0 amide bonds. The smallest absolute Gasteiger partial charge is 0.330 e. The summed E-state index contributed by atoms with van der Waals surface area (Å²) in [6.07, 6.45) is 0.303. The molecule has 1 saturated carbocycles. The summed E-state index contributed by atoms with van der Waals surface area (Å²) in [7, 11) is 1.25. The maximum atomic E-state index is 13.9. The van der Waals surface area contributed by atoms with Crippen molar-refractivity contribution in [2.75, 3.05) is 7.11 Å². The highest BCUT2D eigenvalue weighted by molar-refractivity contribution is 6.21. The Labute approximate surface area is 180 Å². The van der Waals surface area contributed by atoms with E-state index in [1.54, 1.807) is 18.2 Å². The molecule has 0 bridgehead atoms. The minimum atomic E-state index is -1.68. The van der Waals surface area contributed by atoms with E-state index in [4.69, 9.17) is 9.47 Å². The lowest BCUT2D eigenvalue weighted by Crippen LogP contribution is -2.40. The van der Waals surface area contributed by atoms with Crippen molar-refractivity contribution in [3.8, 4) is 5.75 Å². The number of aryl methyl sites for hydroxylation is 1. The average Bonchev–Trinajstić information content (AvgIpc) is 3.44. The molecule has 156 valence electrons. The molecule has 1 heterocycles. The molecule has 2 aliphatic rings. The standard InChI is InChI=1S/C26H22O5/c1-4-25(22(27)17-11-9-15(2)10-12-17)21-20-18-8-6-5-7-16(18)13-14-19(20)31-24(29)26(21,25)23(28)30-3/h5-14,21H,4H2,1-3H3/t21-,25+,26+/m1/s1. The molecule has 0 aromatic heterocycles. The van der Waals surface area contributed by atoms with Crippen molar-refractivity contribution in [2.45, 2.75) is 26.2 Å². The second-order valence-corrected chi connectivity index (χ2v) is 8.34. The number of hydrogen-bond acceptors (Lipinski definition) is 5. The van der Waals surface area contributed by atoms with Crippen LogP contribution in [0.5, 0.6) is 5.75 Å². The molecule has 1 aliphatic heterocycles. The largest absolute Gasteiger partial charge is 0.468 e. The molecule has 0 saturated heterocycles. The van der Waals surface area contributed by atoms with Crippen LogP contribution in [-0.2, 0) is 14.3 Å². The number of methoxy groups -OCH3 is 1. The summed E-state index contributed by atoms with van der Waals surface area (Å²) >= 11 is 0. The van der Waals surface area contributed by atoms with E-state index in [-0.39, 0.29) is 5.78 Å². The summed E-state index contributed by atoms with van der Waals surface area (Å²) in [5, 5.41) is 1.83. The van der Waals surface area contributed by atoms with Gasteiger partial charge >= 0.3 is 11.9 Å². The highest BCUT2D eigenvalue weighted by Gasteiger charge is 2.90. The number of carbonyl (C=O) groups is 3. The first-order chi connectivity index (χ1) is 14.9. The molecule has 31 heavy (non-hydrogen) atoms. The van der Waals surface area contributed by atoms with Gasteiger partial charge in [-0.3, -0.25) is 14.4 Å². The zero-order valence-electron chi connectivity index (χ0n) is 17.6. The molecular weight excluding hydrogens is 392 g/mol. The number of rotatable bonds is 4. The van der Waals surface area contributed by atoms with Gasteiger partial charge in [-0.2, -0.15) is 0 Å². The van der Waals surface area contributed by atoms with Gasteiger partial charge in [-0.05, 0) is 30.2 Å². The van der Waals surface area contributed by atoms with E-state index >= 15 is 0 Å². The van der Waals surface area contributed by atoms with Gasteiger partial charge in [0.25, 0.3) is 0 Å². The van der Waals surface area contributed by atoms with Crippen LogP contribution in [0.4, 0.5) is 0 Å². The highest BCUT2D eigenvalue weighted by atomic mass is 16.6. The number of esters is 2. The number of fused-ring (bicyclic) bond motifs is 5. The Kier molecular flexibility index (Phi) is 4.09. The predicted octanol–water partition coefficient (Wildman–Crippen LogP) is 4.60. The number of hydrogen-bond donors (Lipinski definition) is 0. The SMILES string of the molecule is CC[C@@]1(C(=O)c2ccc(C)cc2)[C@H]2c3c(ccc4ccccc34)OC(=O)[C@@]21C(=O)OC. The van der Waals surface area contributed by atoms with E-state index in [1.165, 1.54) is 7.11 Å². The fraction of sp³-hybridized carbons (Fsp3) is 0.269. The molecule has 1 aliphatic carbocycles. The summed E-state index contributed by atoms with van der Waals surface area (Å²) in [6, 6.07) is 18.6. The number of carbonyl (C=O) groups excluding carboxylic acids is 3. The van der Waals surface area contributed by atoms with Crippen molar-refractivity contribution in [1.29, 1.82) is 0 Å². The van der Waals surface area contributed by atoms with E-state index in [0.717, 1.165) is 21.9 Å². The molecule has 3 atom stereocenters. The van der Waals surface area contributed by atoms with Gasteiger partial charge in [0, 0.05) is 17.0 Å². The van der Waals surface area contributed by atoms with Crippen LogP contribution in [0.1, 0.15) is 40.7 Å². The first kappa shape index (κ1) is 19.5. The van der Waals surface area contributed by atoms with E-state index in [0.29, 0.717) is 17.7 Å². The quantitative estimate of drug-likeness (QED) is 0.270. The van der Waals surface area contributed by atoms with Crippen LogP contribution in [0.25, 0.3) is 10.8 Å². The summed E-state index contributed by atoms with van der Waals surface area (Å²) in [6.45, 7) is 3.78. The number of ketones is 1. The molecule has 5 rings (SSSR count). The van der Waals surface area contributed by atoms with Crippen LogP contribution in [-0.4, -0.2) is 24.8 Å². The lowest BCUT2D eigenvalue weighted by atomic mass is 9.83. The second kappa shape index (κ2) is 6.51. The van der Waals surface area contributed by atoms with E-state index in [9.17, 15) is 14.4 Å². The summed E-state index contributed by atoms with van der Waals surface area (Å²) in [4.78, 5) is 40.5. The zero-order chi connectivity index (χ0) is 22.0. The average molecular weight is 414 g/mol. The van der Waals surface area contributed by atoms with Gasteiger partial charge in [0.15, 0.2) is 11.2 Å². The van der Waals surface area contributed by atoms with Gasteiger partial charge in [-0.25, -0.2) is 0 Å². The van der Waals surface area contributed by atoms with Crippen molar-refractivity contribution < 1.29 is 23.9 Å². The lowest BCUT2D eigenvalue weighted by Gasteiger charge is -2.23. The van der Waals surface area contributed by atoms with Crippen LogP contribution >= 0.6 is 0 Å². The van der Waals surface area contributed by atoms with Gasteiger partial charge in [0.05, 0.1) is 12.5 Å². The Balaban J connectivity index is 1.81. The monoisotopic (exact) mass is 414 g/mol. The Morgan fingerprint density at radius 3 is 2.42 bits per heavy atom. The van der Waals surface area contributed by atoms with Crippen LogP contribution in [0, 0.1) is 17.8 Å². The van der Waals surface area contributed by atoms with Crippen molar-refractivity contribution >= 4 is 28.5 Å². The molecule has 3 aromatic carbocycles. The van der Waals surface area contributed by atoms with Crippen LogP contribution in [0.2, 0.25) is 0 Å². The lowest BCUT2D eigenvalue weighted by molar-refractivity contribution is -0.160. The summed E-state index contributed by atoms with van der Waals surface area (Å²) < 4.78 is 10.8. The zero-order valence-corrected chi connectivity index (χ0v) is 17.6. The van der Waals surface area contributed by atoms with E-state index in [2.05, 4.69) is 0 Å². The van der Waals surface area contributed by atoms with Gasteiger partial charge in [0.1, 0.15) is 5.75 Å². The van der Waals surface area contributed by atoms with Gasteiger partial charge in [-0.1, -0.05) is 67.1 Å². The van der Waals surface area contributed by atoms with Crippen molar-refractivity contribution in [3.63, 3.8) is 0 Å². The van der Waals surface area contributed by atoms with Crippen LogP contribution in [0.15, 0.2) is 60.7 Å². The third-order valence-electron chi connectivity index (χ3n) is 7.07. The molecule has 0 spiro atoms. The third-order valence-corrected chi connectivity index (χ3v) is 7.07. The Hall–Kier alpha value is -3.47. The molecule has 5 nitrogen and oxygen atoms in total. The van der Waals surface area contributed by atoms with Gasteiger partial charge < -0.3 is 9.47 Å². The molecule has 0 radical (unpaired) electrons. The number of ether oxygens (including phenoxy) is 2. The maximum absolute atomic E-state index is 13.9. The van der Waals surface area contributed by atoms with Crippen molar-refractivity contribution in [2.24, 2.45) is 10.8 Å². The van der Waals surface area contributed by atoms with Crippen LogP contribution < -0.4 is 4.74 Å². The Morgan fingerprint density at radius 2 is 1.74 bits per heavy atom.